The van der Waals surface area contributed by atoms with E-state index in [0.717, 1.165) is 23.7 Å². The quantitative estimate of drug-likeness (QED) is 0.794. The minimum Gasteiger partial charge on any atom is -0.332 e. The summed E-state index contributed by atoms with van der Waals surface area (Å²) < 4.78 is 5.35. The van der Waals surface area contributed by atoms with Crippen molar-refractivity contribution in [3.05, 3.63) is 42.2 Å². The molecule has 5 nitrogen and oxygen atoms in total. The Kier molecular flexibility index (Phi) is 3.43. The molecular formula is C16H18N4O. The van der Waals surface area contributed by atoms with Gasteiger partial charge in [-0.1, -0.05) is 43.3 Å². The van der Waals surface area contributed by atoms with E-state index in [1.165, 1.54) is 0 Å². The molecule has 0 aliphatic heterocycles. The molecule has 0 saturated carbocycles. The van der Waals surface area contributed by atoms with Crippen LogP contribution in [0.5, 0.6) is 0 Å². The molecule has 0 aliphatic rings. The Morgan fingerprint density at radius 2 is 1.81 bits per heavy atom. The summed E-state index contributed by atoms with van der Waals surface area (Å²) in [6, 6.07) is 11.8. The van der Waals surface area contributed by atoms with Crippen LogP contribution in [-0.2, 0) is 5.54 Å². The SMILES string of the molecule is CCC(N)(CC)c1noc(-c2ccc3ccccc3n2)n1. The highest BCUT2D eigenvalue weighted by atomic mass is 16.5. The predicted molar refractivity (Wildman–Crippen MR) is 81.5 cm³/mol. The number of aromatic nitrogens is 3. The fraction of sp³-hybridized carbons (Fsp3) is 0.312. The number of benzene rings is 1. The third-order valence-corrected chi connectivity index (χ3v) is 3.95. The van der Waals surface area contributed by atoms with E-state index in [4.69, 9.17) is 10.3 Å². The molecule has 21 heavy (non-hydrogen) atoms. The number of para-hydroxylation sites is 1. The van der Waals surface area contributed by atoms with E-state index in [1.807, 2.05) is 50.2 Å². The van der Waals surface area contributed by atoms with Crippen LogP contribution in [0.4, 0.5) is 0 Å². The lowest BCUT2D eigenvalue weighted by Crippen LogP contribution is -2.36. The van der Waals surface area contributed by atoms with Crippen molar-refractivity contribution in [1.29, 1.82) is 0 Å². The first-order chi connectivity index (χ1) is 10.2. The van der Waals surface area contributed by atoms with Gasteiger partial charge in [-0.15, -0.1) is 0 Å². The summed E-state index contributed by atoms with van der Waals surface area (Å²) >= 11 is 0. The van der Waals surface area contributed by atoms with E-state index in [1.54, 1.807) is 0 Å². The van der Waals surface area contributed by atoms with Crippen molar-refractivity contribution in [1.82, 2.24) is 15.1 Å². The largest absolute Gasteiger partial charge is 0.332 e. The number of nitrogens with two attached hydrogens (primary N) is 1. The highest BCUT2D eigenvalue weighted by molar-refractivity contribution is 5.80. The first-order valence-electron chi connectivity index (χ1n) is 7.15. The maximum absolute atomic E-state index is 6.29. The van der Waals surface area contributed by atoms with Gasteiger partial charge in [-0.2, -0.15) is 4.98 Å². The molecule has 1 aromatic carbocycles. The summed E-state index contributed by atoms with van der Waals surface area (Å²) in [5, 5.41) is 5.12. The Hall–Kier alpha value is -2.27. The monoisotopic (exact) mass is 282 g/mol. The number of rotatable bonds is 4. The van der Waals surface area contributed by atoms with Crippen LogP contribution in [0.1, 0.15) is 32.5 Å². The standard InChI is InChI=1S/C16H18N4O/c1-3-16(17,4-2)15-19-14(21-20-15)13-10-9-11-7-5-6-8-12(11)18-13/h5-10H,3-4,17H2,1-2H3. The molecule has 0 saturated heterocycles. The minimum atomic E-state index is -0.543. The minimum absolute atomic E-state index is 0.410. The van der Waals surface area contributed by atoms with Gasteiger partial charge in [-0.3, -0.25) is 0 Å². The molecule has 5 heteroatoms. The third-order valence-electron chi connectivity index (χ3n) is 3.95. The van der Waals surface area contributed by atoms with Crippen molar-refractivity contribution in [2.24, 2.45) is 5.73 Å². The van der Waals surface area contributed by atoms with Crippen molar-refractivity contribution in [3.8, 4) is 11.6 Å². The molecule has 0 aliphatic carbocycles. The highest BCUT2D eigenvalue weighted by Crippen LogP contribution is 2.26. The van der Waals surface area contributed by atoms with Gasteiger partial charge in [0.1, 0.15) is 5.69 Å². The van der Waals surface area contributed by atoms with Gasteiger partial charge in [0, 0.05) is 5.39 Å². The summed E-state index contributed by atoms with van der Waals surface area (Å²) in [5.41, 5.74) is 7.32. The molecule has 0 unspecified atom stereocenters. The van der Waals surface area contributed by atoms with Gasteiger partial charge in [0.2, 0.25) is 0 Å². The molecule has 0 fully saturated rings. The van der Waals surface area contributed by atoms with Crippen LogP contribution in [0.2, 0.25) is 0 Å². The van der Waals surface area contributed by atoms with Gasteiger partial charge < -0.3 is 10.3 Å². The van der Waals surface area contributed by atoms with Crippen molar-refractivity contribution < 1.29 is 4.52 Å². The number of hydrogen-bond donors (Lipinski definition) is 1. The summed E-state index contributed by atoms with van der Waals surface area (Å²) in [6.45, 7) is 4.04. The topological polar surface area (TPSA) is 77.8 Å². The van der Waals surface area contributed by atoms with E-state index >= 15 is 0 Å². The van der Waals surface area contributed by atoms with Crippen molar-refractivity contribution in [2.75, 3.05) is 0 Å². The average Bonchev–Trinajstić information content (AvgIpc) is 3.04. The molecule has 3 aromatic rings. The molecular weight excluding hydrogens is 264 g/mol. The fourth-order valence-corrected chi connectivity index (χ4v) is 2.28. The second kappa shape index (κ2) is 5.26. The molecule has 3 rings (SSSR count). The number of fused-ring (bicyclic) bond motifs is 1. The summed E-state index contributed by atoms with van der Waals surface area (Å²) in [4.78, 5) is 8.99. The zero-order valence-corrected chi connectivity index (χ0v) is 12.2. The van der Waals surface area contributed by atoms with E-state index in [-0.39, 0.29) is 0 Å². The lowest BCUT2D eigenvalue weighted by molar-refractivity contribution is 0.350. The van der Waals surface area contributed by atoms with Gasteiger partial charge in [-0.25, -0.2) is 4.98 Å². The molecule has 0 spiro atoms. The fourth-order valence-electron chi connectivity index (χ4n) is 2.28. The second-order valence-corrected chi connectivity index (χ2v) is 5.18. The van der Waals surface area contributed by atoms with E-state index in [0.29, 0.717) is 17.4 Å². The lowest BCUT2D eigenvalue weighted by atomic mass is 9.93. The normalized spacial score (nSPS) is 12.0. The molecule has 0 amide bonds. The van der Waals surface area contributed by atoms with Crippen LogP contribution in [-0.4, -0.2) is 15.1 Å². The van der Waals surface area contributed by atoms with Crippen LogP contribution in [0, 0.1) is 0 Å². The third kappa shape index (κ3) is 2.40. The summed E-state index contributed by atoms with van der Waals surface area (Å²) in [6.07, 6.45) is 1.52. The van der Waals surface area contributed by atoms with Crippen LogP contribution in [0.3, 0.4) is 0 Å². The Labute approximate surface area is 123 Å². The molecule has 2 aromatic heterocycles. The number of hydrogen-bond acceptors (Lipinski definition) is 5. The van der Waals surface area contributed by atoms with E-state index < -0.39 is 5.54 Å². The van der Waals surface area contributed by atoms with Crippen LogP contribution in [0.15, 0.2) is 40.9 Å². The highest BCUT2D eigenvalue weighted by Gasteiger charge is 2.29. The van der Waals surface area contributed by atoms with Crippen LogP contribution < -0.4 is 5.73 Å². The molecule has 0 radical (unpaired) electrons. The summed E-state index contributed by atoms with van der Waals surface area (Å²) in [5.74, 6) is 0.949. The number of nitrogens with zero attached hydrogens (tertiary/aromatic N) is 3. The van der Waals surface area contributed by atoms with Crippen molar-refractivity contribution >= 4 is 10.9 Å². The maximum Gasteiger partial charge on any atom is 0.276 e. The molecule has 2 heterocycles. The predicted octanol–water partition coefficient (Wildman–Crippen LogP) is 3.26. The zero-order chi connectivity index (χ0) is 14.9. The van der Waals surface area contributed by atoms with Crippen LogP contribution in [0.25, 0.3) is 22.5 Å². The van der Waals surface area contributed by atoms with E-state index in [2.05, 4.69) is 15.1 Å². The van der Waals surface area contributed by atoms with Crippen LogP contribution >= 0.6 is 0 Å². The van der Waals surface area contributed by atoms with Gasteiger partial charge >= 0.3 is 0 Å². The van der Waals surface area contributed by atoms with Gasteiger partial charge in [-0.05, 0) is 25.0 Å². The smallest absolute Gasteiger partial charge is 0.276 e. The Bertz CT molecular complexity index is 762. The summed E-state index contributed by atoms with van der Waals surface area (Å²) in [7, 11) is 0. The second-order valence-electron chi connectivity index (χ2n) is 5.18. The Morgan fingerprint density at radius 1 is 1.05 bits per heavy atom. The van der Waals surface area contributed by atoms with E-state index in [9.17, 15) is 0 Å². The van der Waals surface area contributed by atoms with Crippen molar-refractivity contribution in [3.63, 3.8) is 0 Å². The van der Waals surface area contributed by atoms with Gasteiger partial charge in [0.05, 0.1) is 11.1 Å². The first-order valence-corrected chi connectivity index (χ1v) is 7.15. The van der Waals surface area contributed by atoms with Gasteiger partial charge in [0.15, 0.2) is 5.82 Å². The Balaban J connectivity index is 2.01. The number of pyridine rings is 1. The molecule has 0 atom stereocenters. The maximum atomic E-state index is 6.29. The first kappa shape index (κ1) is 13.7. The average molecular weight is 282 g/mol. The Morgan fingerprint density at radius 3 is 2.57 bits per heavy atom. The lowest BCUT2D eigenvalue weighted by Gasteiger charge is -2.21. The molecule has 2 N–H and O–H groups in total. The zero-order valence-electron chi connectivity index (χ0n) is 12.2. The van der Waals surface area contributed by atoms with Gasteiger partial charge in [0.25, 0.3) is 5.89 Å². The van der Waals surface area contributed by atoms with Crippen molar-refractivity contribution in [2.45, 2.75) is 32.2 Å². The molecule has 108 valence electrons. The molecule has 0 bridgehead atoms.